The Morgan fingerprint density at radius 1 is 1.04 bits per heavy atom. The Morgan fingerprint density at radius 3 is 2.42 bits per heavy atom. The van der Waals surface area contributed by atoms with E-state index >= 15 is 0 Å². The largest absolute Gasteiger partial charge is 0.497 e. The van der Waals surface area contributed by atoms with Gasteiger partial charge in [-0.15, -0.1) is 0 Å². The van der Waals surface area contributed by atoms with Gasteiger partial charge in [-0.3, -0.25) is 0 Å². The molecule has 26 heavy (non-hydrogen) atoms. The molecule has 3 heteroatoms. The van der Waals surface area contributed by atoms with Crippen molar-refractivity contribution in [3.8, 4) is 5.75 Å². The number of thioether (sulfide) groups is 1. The number of hydrogen-bond acceptors (Lipinski definition) is 3. The molecule has 1 atom stereocenters. The normalized spacial score (nSPS) is 22.1. The molecule has 1 heterocycles. The first-order chi connectivity index (χ1) is 12.5. The topological polar surface area (TPSA) is 21.3 Å². The first kappa shape index (κ1) is 19.3. The highest BCUT2D eigenvalue weighted by molar-refractivity contribution is 8.00. The maximum atomic E-state index is 5.23. The molecule has 0 amide bonds. The van der Waals surface area contributed by atoms with Gasteiger partial charge in [-0.05, 0) is 60.2 Å². The van der Waals surface area contributed by atoms with Crippen LogP contribution in [0, 0.1) is 0 Å². The maximum absolute atomic E-state index is 5.23. The number of nitrogens with one attached hydrogen (secondary N) is 1. The van der Waals surface area contributed by atoms with E-state index < -0.39 is 0 Å². The van der Waals surface area contributed by atoms with Crippen LogP contribution in [0.25, 0.3) is 0 Å². The molecule has 3 rings (SSSR count). The summed E-state index contributed by atoms with van der Waals surface area (Å²) in [6.07, 6.45) is 3.71. The van der Waals surface area contributed by atoms with Gasteiger partial charge in [-0.2, -0.15) is 11.8 Å². The Bertz CT molecular complexity index is 683. The van der Waals surface area contributed by atoms with Crippen molar-refractivity contribution in [3.63, 3.8) is 0 Å². The van der Waals surface area contributed by atoms with Crippen LogP contribution in [0.2, 0.25) is 0 Å². The van der Waals surface area contributed by atoms with Crippen molar-refractivity contribution < 1.29 is 4.74 Å². The Morgan fingerprint density at radius 2 is 1.77 bits per heavy atom. The molecular formula is C23H31NOS. The minimum absolute atomic E-state index is 0.295. The van der Waals surface area contributed by atoms with Gasteiger partial charge in [0.1, 0.15) is 5.75 Å². The first-order valence-corrected chi connectivity index (χ1v) is 10.5. The van der Waals surface area contributed by atoms with E-state index in [1.807, 2.05) is 12.1 Å². The molecule has 0 saturated carbocycles. The fourth-order valence-electron chi connectivity index (χ4n) is 4.18. The molecule has 1 fully saturated rings. The molecule has 1 aliphatic rings. The summed E-state index contributed by atoms with van der Waals surface area (Å²) in [7, 11) is 1.71. The molecule has 0 unspecified atom stereocenters. The van der Waals surface area contributed by atoms with Crippen molar-refractivity contribution >= 4 is 11.8 Å². The van der Waals surface area contributed by atoms with E-state index in [0.717, 1.165) is 18.8 Å². The van der Waals surface area contributed by atoms with Crippen molar-refractivity contribution in [3.05, 3.63) is 65.7 Å². The fraction of sp³-hybridized carbons (Fsp3) is 0.478. The van der Waals surface area contributed by atoms with Gasteiger partial charge >= 0.3 is 0 Å². The highest BCUT2D eigenvalue weighted by atomic mass is 32.2. The predicted molar refractivity (Wildman–Crippen MR) is 113 cm³/mol. The molecule has 2 aromatic carbocycles. The summed E-state index contributed by atoms with van der Waals surface area (Å²) >= 11 is 2.12. The smallest absolute Gasteiger partial charge is 0.118 e. The molecule has 140 valence electrons. The van der Waals surface area contributed by atoms with Gasteiger partial charge in [0.2, 0.25) is 0 Å². The summed E-state index contributed by atoms with van der Waals surface area (Å²) in [4.78, 5) is 0. The number of benzene rings is 2. The molecule has 0 radical (unpaired) electrons. The Kier molecular flexibility index (Phi) is 6.31. The zero-order valence-corrected chi connectivity index (χ0v) is 17.1. The zero-order valence-electron chi connectivity index (χ0n) is 16.3. The van der Waals surface area contributed by atoms with E-state index in [4.69, 9.17) is 4.74 Å². The van der Waals surface area contributed by atoms with Crippen molar-refractivity contribution in [2.75, 3.05) is 19.4 Å². The molecule has 1 aliphatic heterocycles. The second kappa shape index (κ2) is 8.49. The third kappa shape index (κ3) is 4.83. The van der Waals surface area contributed by atoms with E-state index in [2.05, 4.69) is 73.4 Å². The van der Waals surface area contributed by atoms with E-state index in [-0.39, 0.29) is 0 Å². The minimum Gasteiger partial charge on any atom is -0.497 e. The van der Waals surface area contributed by atoms with E-state index in [9.17, 15) is 0 Å². The molecule has 0 aromatic heterocycles. The minimum atomic E-state index is 0.295. The molecule has 1 N–H and O–H groups in total. The molecular weight excluding hydrogens is 338 g/mol. The third-order valence-electron chi connectivity index (χ3n) is 5.49. The predicted octanol–water partition coefficient (Wildman–Crippen LogP) is 5.42. The van der Waals surface area contributed by atoms with Crippen LogP contribution in [0.5, 0.6) is 5.75 Å². The lowest BCUT2D eigenvalue weighted by Gasteiger charge is -2.45. The van der Waals surface area contributed by atoms with Crippen LogP contribution in [0.15, 0.2) is 54.6 Å². The van der Waals surface area contributed by atoms with Crippen LogP contribution >= 0.6 is 11.8 Å². The highest BCUT2D eigenvalue weighted by Gasteiger charge is 2.41. The zero-order chi connectivity index (χ0) is 18.5. The first-order valence-electron chi connectivity index (χ1n) is 9.56. The number of hydrogen-bond donors (Lipinski definition) is 1. The highest BCUT2D eigenvalue weighted by Crippen LogP contribution is 2.49. The maximum Gasteiger partial charge on any atom is 0.118 e. The number of rotatable bonds is 7. The van der Waals surface area contributed by atoms with Crippen LogP contribution in [-0.4, -0.2) is 24.2 Å². The summed E-state index contributed by atoms with van der Waals surface area (Å²) in [6.45, 7) is 6.76. The lowest BCUT2D eigenvalue weighted by molar-refractivity contribution is 0.306. The van der Waals surface area contributed by atoms with Crippen molar-refractivity contribution in [2.24, 2.45) is 0 Å². The van der Waals surface area contributed by atoms with Gasteiger partial charge in [-0.25, -0.2) is 0 Å². The van der Waals surface area contributed by atoms with E-state index in [0.29, 0.717) is 10.2 Å². The molecule has 0 bridgehead atoms. The molecule has 2 nitrogen and oxygen atoms in total. The van der Waals surface area contributed by atoms with Crippen LogP contribution in [-0.2, 0) is 12.0 Å². The third-order valence-corrected chi connectivity index (χ3v) is 6.83. The second-order valence-electron chi connectivity index (χ2n) is 7.96. The van der Waals surface area contributed by atoms with Crippen LogP contribution in [0.1, 0.15) is 44.2 Å². The summed E-state index contributed by atoms with van der Waals surface area (Å²) in [6, 6.07) is 19.5. The summed E-state index contributed by atoms with van der Waals surface area (Å²) in [5, 5.41) is 3.66. The molecule has 1 saturated heterocycles. The van der Waals surface area contributed by atoms with E-state index in [1.54, 1.807) is 7.11 Å². The van der Waals surface area contributed by atoms with Gasteiger partial charge in [0.15, 0.2) is 0 Å². The lowest BCUT2D eigenvalue weighted by Crippen LogP contribution is -2.41. The SMILES string of the molecule is COc1ccc(CNCC[C@]2(c3ccccc3)CCSC(C)(C)C2)cc1. The second-order valence-corrected chi connectivity index (χ2v) is 9.76. The standard InChI is InChI=1S/C23H31NOS/c1-22(2)18-23(14-16-26-22,20-7-5-4-6-8-20)13-15-24-17-19-9-11-21(25-3)12-10-19/h4-12,24H,13-18H2,1-3H3/t23-/m0/s1. The summed E-state index contributed by atoms with van der Waals surface area (Å²) in [5.41, 5.74) is 3.11. The Balaban J connectivity index is 1.63. The average molecular weight is 370 g/mol. The van der Waals surface area contributed by atoms with Crippen molar-refractivity contribution in [2.45, 2.75) is 49.8 Å². The van der Waals surface area contributed by atoms with Crippen LogP contribution < -0.4 is 10.1 Å². The van der Waals surface area contributed by atoms with Gasteiger partial charge in [0.05, 0.1) is 7.11 Å². The molecule has 2 aromatic rings. The van der Waals surface area contributed by atoms with Crippen molar-refractivity contribution in [1.82, 2.24) is 5.32 Å². The average Bonchev–Trinajstić information content (AvgIpc) is 2.66. The monoisotopic (exact) mass is 369 g/mol. The molecule has 0 spiro atoms. The van der Waals surface area contributed by atoms with Gasteiger partial charge in [0.25, 0.3) is 0 Å². The summed E-state index contributed by atoms with van der Waals surface area (Å²) in [5.74, 6) is 2.17. The van der Waals surface area contributed by atoms with Crippen LogP contribution in [0.3, 0.4) is 0 Å². The number of ether oxygens (including phenoxy) is 1. The van der Waals surface area contributed by atoms with Crippen LogP contribution in [0.4, 0.5) is 0 Å². The molecule has 0 aliphatic carbocycles. The number of methoxy groups -OCH3 is 1. The lowest BCUT2D eigenvalue weighted by atomic mass is 9.69. The van der Waals surface area contributed by atoms with E-state index in [1.165, 1.54) is 36.1 Å². The van der Waals surface area contributed by atoms with Gasteiger partial charge in [-0.1, -0.05) is 56.3 Å². The van der Waals surface area contributed by atoms with Gasteiger partial charge < -0.3 is 10.1 Å². The quantitative estimate of drug-likeness (QED) is 0.659. The van der Waals surface area contributed by atoms with Gasteiger partial charge in [0, 0.05) is 11.3 Å². The fourth-order valence-corrected chi connectivity index (χ4v) is 5.60. The van der Waals surface area contributed by atoms with Crippen molar-refractivity contribution in [1.29, 1.82) is 0 Å². The summed E-state index contributed by atoms with van der Waals surface area (Å²) < 4.78 is 5.58. The Hall–Kier alpha value is -1.45. The Labute approximate surface area is 162 Å².